The van der Waals surface area contributed by atoms with Crippen molar-refractivity contribution in [2.75, 3.05) is 0 Å². The minimum atomic E-state index is -1.29. The van der Waals surface area contributed by atoms with Crippen molar-refractivity contribution >= 4 is 6.16 Å². The first-order valence-corrected chi connectivity index (χ1v) is 3.40. The zero-order chi connectivity index (χ0) is 8.91. The van der Waals surface area contributed by atoms with E-state index in [1.807, 2.05) is 6.92 Å². The van der Waals surface area contributed by atoms with Crippen molar-refractivity contribution < 1.29 is 14.6 Å². The highest BCUT2D eigenvalue weighted by atomic mass is 16.7. The van der Waals surface area contributed by atoms with E-state index in [-0.39, 0.29) is 0 Å². The third-order valence-corrected chi connectivity index (χ3v) is 0.909. The summed E-state index contributed by atoms with van der Waals surface area (Å²) in [4.78, 5) is 10.1. The summed E-state index contributed by atoms with van der Waals surface area (Å²) >= 11 is 0. The van der Waals surface area contributed by atoms with Gasteiger partial charge in [-0.1, -0.05) is 18.8 Å². The number of rotatable bonds is 1. The lowest BCUT2D eigenvalue weighted by atomic mass is 10.1. The topological polar surface area (TPSA) is 46.5 Å². The standard InChI is InChI=1S/C8H12O3/c1-4-5-6-8(2,3)11-7(9)10/h4H2,1-3H3,(H,9,10). The van der Waals surface area contributed by atoms with Crippen molar-refractivity contribution in [2.24, 2.45) is 0 Å². The Balaban J connectivity index is 4.10. The van der Waals surface area contributed by atoms with Gasteiger partial charge in [0.25, 0.3) is 0 Å². The second-order valence-corrected chi connectivity index (χ2v) is 2.53. The van der Waals surface area contributed by atoms with Crippen LogP contribution in [0.4, 0.5) is 4.79 Å². The fraction of sp³-hybridized carbons (Fsp3) is 0.625. The first-order chi connectivity index (χ1) is 4.98. The predicted octanol–water partition coefficient (Wildman–Crippen LogP) is 1.87. The van der Waals surface area contributed by atoms with E-state index in [1.54, 1.807) is 13.8 Å². The molecule has 0 amide bonds. The fourth-order valence-electron chi connectivity index (χ4n) is 0.545. The van der Waals surface area contributed by atoms with Crippen molar-refractivity contribution in [3.05, 3.63) is 0 Å². The maximum atomic E-state index is 10.1. The molecule has 0 heterocycles. The lowest BCUT2D eigenvalue weighted by Gasteiger charge is -2.15. The van der Waals surface area contributed by atoms with Gasteiger partial charge in [0.1, 0.15) is 0 Å². The Morgan fingerprint density at radius 1 is 1.64 bits per heavy atom. The molecule has 0 spiro atoms. The smallest absolute Gasteiger partial charge is 0.450 e. The van der Waals surface area contributed by atoms with Gasteiger partial charge in [-0.05, 0) is 13.8 Å². The maximum Gasteiger partial charge on any atom is 0.507 e. The van der Waals surface area contributed by atoms with Gasteiger partial charge in [-0.15, -0.1) is 0 Å². The molecule has 0 saturated carbocycles. The molecule has 0 rings (SSSR count). The number of ether oxygens (including phenoxy) is 1. The third-order valence-electron chi connectivity index (χ3n) is 0.909. The Morgan fingerprint density at radius 2 is 2.18 bits per heavy atom. The van der Waals surface area contributed by atoms with E-state index in [0.717, 1.165) is 0 Å². The molecule has 0 bridgehead atoms. The van der Waals surface area contributed by atoms with Gasteiger partial charge in [0, 0.05) is 6.42 Å². The molecule has 1 N–H and O–H groups in total. The summed E-state index contributed by atoms with van der Waals surface area (Å²) in [6.07, 6.45) is -0.590. The second-order valence-electron chi connectivity index (χ2n) is 2.53. The van der Waals surface area contributed by atoms with Crippen LogP contribution in [0.2, 0.25) is 0 Å². The Bertz CT molecular complexity index is 195. The first kappa shape index (κ1) is 9.83. The summed E-state index contributed by atoms with van der Waals surface area (Å²) in [6.45, 7) is 5.12. The second kappa shape index (κ2) is 3.87. The van der Waals surface area contributed by atoms with Crippen LogP contribution in [0.15, 0.2) is 0 Å². The molecule has 0 aromatic carbocycles. The van der Waals surface area contributed by atoms with Crippen molar-refractivity contribution in [1.29, 1.82) is 0 Å². The minimum absolute atomic E-state index is 0.701. The van der Waals surface area contributed by atoms with Crippen LogP contribution >= 0.6 is 0 Å². The van der Waals surface area contributed by atoms with E-state index in [2.05, 4.69) is 16.6 Å². The van der Waals surface area contributed by atoms with E-state index < -0.39 is 11.8 Å². The molecule has 0 atom stereocenters. The Kier molecular flexibility index (Phi) is 3.46. The Labute approximate surface area is 66.4 Å². The zero-order valence-electron chi connectivity index (χ0n) is 6.97. The molecule has 0 aromatic rings. The molecule has 0 fully saturated rings. The van der Waals surface area contributed by atoms with Gasteiger partial charge in [-0.2, -0.15) is 0 Å². The van der Waals surface area contributed by atoms with Crippen LogP contribution in [-0.4, -0.2) is 16.9 Å². The normalized spacial score (nSPS) is 9.73. The SMILES string of the molecule is CCC#CC(C)(C)OC(=O)O. The summed E-state index contributed by atoms with van der Waals surface area (Å²) in [5, 5.41) is 8.26. The van der Waals surface area contributed by atoms with Crippen LogP contribution in [0.25, 0.3) is 0 Å². The molecule has 0 aliphatic rings. The molecule has 62 valence electrons. The van der Waals surface area contributed by atoms with Crippen LogP contribution in [0.5, 0.6) is 0 Å². The van der Waals surface area contributed by atoms with Gasteiger partial charge >= 0.3 is 6.16 Å². The first-order valence-electron chi connectivity index (χ1n) is 3.40. The Morgan fingerprint density at radius 3 is 2.55 bits per heavy atom. The summed E-state index contributed by atoms with van der Waals surface area (Å²) in [7, 11) is 0. The number of carboxylic acid groups (broad SMARTS) is 1. The molecule has 0 radical (unpaired) electrons. The molecule has 0 saturated heterocycles. The summed E-state index contributed by atoms with van der Waals surface area (Å²) in [5.41, 5.74) is -0.887. The van der Waals surface area contributed by atoms with Crippen LogP contribution in [-0.2, 0) is 4.74 Å². The van der Waals surface area contributed by atoms with Crippen LogP contribution in [0.3, 0.4) is 0 Å². The van der Waals surface area contributed by atoms with Crippen LogP contribution in [0, 0.1) is 11.8 Å². The number of carbonyl (C=O) groups is 1. The van der Waals surface area contributed by atoms with Crippen molar-refractivity contribution in [3.63, 3.8) is 0 Å². The monoisotopic (exact) mass is 156 g/mol. The highest BCUT2D eigenvalue weighted by Crippen LogP contribution is 2.06. The van der Waals surface area contributed by atoms with Crippen molar-refractivity contribution in [1.82, 2.24) is 0 Å². The fourth-order valence-corrected chi connectivity index (χ4v) is 0.545. The van der Waals surface area contributed by atoms with Crippen molar-refractivity contribution in [2.45, 2.75) is 32.8 Å². The van der Waals surface area contributed by atoms with Gasteiger partial charge in [0.2, 0.25) is 0 Å². The molecule has 11 heavy (non-hydrogen) atoms. The molecule has 0 unspecified atom stereocenters. The maximum absolute atomic E-state index is 10.1. The van der Waals surface area contributed by atoms with Crippen molar-refractivity contribution in [3.8, 4) is 11.8 Å². The third kappa shape index (κ3) is 5.28. The average molecular weight is 156 g/mol. The molecule has 0 aromatic heterocycles. The number of hydrogen-bond acceptors (Lipinski definition) is 2. The molecule has 0 aliphatic heterocycles. The summed E-state index contributed by atoms with van der Waals surface area (Å²) in [6, 6.07) is 0. The van der Waals surface area contributed by atoms with E-state index in [4.69, 9.17) is 5.11 Å². The van der Waals surface area contributed by atoms with Crippen LogP contribution < -0.4 is 0 Å². The van der Waals surface area contributed by atoms with E-state index >= 15 is 0 Å². The van der Waals surface area contributed by atoms with Gasteiger partial charge in [0.05, 0.1) is 0 Å². The highest BCUT2D eigenvalue weighted by molar-refractivity contribution is 5.58. The molecular formula is C8H12O3. The Hall–Kier alpha value is -1.17. The molecule has 3 heteroatoms. The van der Waals surface area contributed by atoms with Gasteiger partial charge in [-0.25, -0.2) is 4.79 Å². The molecule has 0 aliphatic carbocycles. The van der Waals surface area contributed by atoms with Gasteiger partial charge in [-0.3, -0.25) is 0 Å². The summed E-state index contributed by atoms with van der Waals surface area (Å²) in [5.74, 6) is 5.44. The highest BCUT2D eigenvalue weighted by Gasteiger charge is 2.18. The van der Waals surface area contributed by atoms with Crippen LogP contribution in [0.1, 0.15) is 27.2 Å². The van der Waals surface area contributed by atoms with E-state index in [9.17, 15) is 4.79 Å². The average Bonchev–Trinajstić information content (AvgIpc) is 1.81. The minimum Gasteiger partial charge on any atom is -0.450 e. The molecular weight excluding hydrogens is 144 g/mol. The largest absolute Gasteiger partial charge is 0.507 e. The summed E-state index contributed by atoms with van der Waals surface area (Å²) < 4.78 is 4.48. The lowest BCUT2D eigenvalue weighted by Crippen LogP contribution is -2.24. The van der Waals surface area contributed by atoms with E-state index in [0.29, 0.717) is 6.42 Å². The molecule has 3 nitrogen and oxygen atoms in total. The number of hydrogen-bond donors (Lipinski definition) is 1. The predicted molar refractivity (Wildman–Crippen MR) is 41.3 cm³/mol. The van der Waals surface area contributed by atoms with Gasteiger partial charge in [0.15, 0.2) is 5.60 Å². The van der Waals surface area contributed by atoms with Gasteiger partial charge < -0.3 is 9.84 Å². The lowest BCUT2D eigenvalue weighted by molar-refractivity contribution is 0.0355. The zero-order valence-corrected chi connectivity index (χ0v) is 6.97. The van der Waals surface area contributed by atoms with E-state index in [1.165, 1.54) is 0 Å². The quantitative estimate of drug-likeness (QED) is 0.465.